The fourth-order valence-corrected chi connectivity index (χ4v) is 4.57. The first-order chi connectivity index (χ1) is 15.1. The van der Waals surface area contributed by atoms with E-state index in [0.29, 0.717) is 6.61 Å². The van der Waals surface area contributed by atoms with Crippen LogP contribution in [-0.4, -0.2) is 36.6 Å². The highest BCUT2D eigenvalue weighted by atomic mass is 16.5. The Bertz CT molecular complexity index is 1020. The fourth-order valence-electron chi connectivity index (χ4n) is 4.57. The predicted octanol–water partition coefficient (Wildman–Crippen LogP) is 2.76. The van der Waals surface area contributed by atoms with Crippen molar-refractivity contribution >= 4 is 11.8 Å². The number of carbonyl (C=O) groups excluding carboxylic acids is 2. The minimum absolute atomic E-state index is 0.0000134. The molecule has 31 heavy (non-hydrogen) atoms. The molecule has 0 saturated heterocycles. The van der Waals surface area contributed by atoms with Crippen LogP contribution in [0.3, 0.4) is 0 Å². The Labute approximate surface area is 181 Å². The molecule has 164 valence electrons. The van der Waals surface area contributed by atoms with E-state index in [1.54, 1.807) is 12.4 Å². The second-order valence-corrected chi connectivity index (χ2v) is 8.25. The topological polar surface area (TPSA) is 89.4 Å². The summed E-state index contributed by atoms with van der Waals surface area (Å²) < 4.78 is 7.74. The number of hydrogen-bond acceptors (Lipinski definition) is 4. The predicted molar refractivity (Wildman–Crippen MR) is 117 cm³/mol. The van der Waals surface area contributed by atoms with Crippen LogP contribution in [0.2, 0.25) is 0 Å². The quantitative estimate of drug-likeness (QED) is 0.774. The second-order valence-electron chi connectivity index (χ2n) is 8.25. The zero-order chi connectivity index (χ0) is 21.8. The van der Waals surface area contributed by atoms with E-state index in [9.17, 15) is 14.4 Å². The molecule has 1 aromatic heterocycles. The summed E-state index contributed by atoms with van der Waals surface area (Å²) in [6.07, 6.45) is 9.14. The summed E-state index contributed by atoms with van der Waals surface area (Å²) in [5.41, 5.74) is 1.73. The Hall–Kier alpha value is -2.93. The van der Waals surface area contributed by atoms with E-state index < -0.39 is 17.2 Å². The Kier molecular flexibility index (Phi) is 6.51. The standard InChI is InChI=1S/C24H29N3O4/c1-25-23(29)19-14-27(17-8-3-2-4-9-17)15-20(22(19)28)24(30)26-13-21-18-10-6-5-7-16(18)11-12-31-21/h5-7,10,14-15,17,21H,2-4,8-9,11-13H2,1H3,(H,25,29)(H,26,30). The molecule has 1 saturated carbocycles. The van der Waals surface area contributed by atoms with Crippen molar-refractivity contribution in [3.05, 3.63) is 69.1 Å². The van der Waals surface area contributed by atoms with E-state index in [1.807, 2.05) is 22.8 Å². The van der Waals surface area contributed by atoms with Crippen molar-refractivity contribution in [3.8, 4) is 0 Å². The lowest BCUT2D eigenvalue weighted by molar-refractivity contribution is 0.0411. The summed E-state index contributed by atoms with van der Waals surface area (Å²) >= 11 is 0. The molecule has 0 spiro atoms. The number of amides is 2. The first-order valence-electron chi connectivity index (χ1n) is 11.0. The molecule has 2 aromatic rings. The van der Waals surface area contributed by atoms with Crippen molar-refractivity contribution in [3.63, 3.8) is 0 Å². The van der Waals surface area contributed by atoms with Gasteiger partial charge >= 0.3 is 0 Å². The molecular formula is C24H29N3O4. The third-order valence-corrected chi connectivity index (χ3v) is 6.30. The molecule has 1 fully saturated rings. The molecule has 2 aliphatic rings. The third kappa shape index (κ3) is 4.56. The van der Waals surface area contributed by atoms with Gasteiger partial charge in [0.15, 0.2) is 0 Å². The highest BCUT2D eigenvalue weighted by molar-refractivity contribution is 5.99. The van der Waals surface area contributed by atoms with Crippen LogP contribution in [0, 0.1) is 0 Å². The van der Waals surface area contributed by atoms with E-state index in [4.69, 9.17) is 4.74 Å². The zero-order valence-electron chi connectivity index (χ0n) is 17.9. The molecule has 2 amide bonds. The van der Waals surface area contributed by atoms with Crippen LogP contribution in [0.4, 0.5) is 0 Å². The third-order valence-electron chi connectivity index (χ3n) is 6.30. The van der Waals surface area contributed by atoms with E-state index in [1.165, 1.54) is 19.0 Å². The molecule has 2 heterocycles. The lowest BCUT2D eigenvalue weighted by atomic mass is 9.95. The van der Waals surface area contributed by atoms with Crippen molar-refractivity contribution in [2.75, 3.05) is 20.2 Å². The maximum Gasteiger partial charge on any atom is 0.256 e. The minimum Gasteiger partial charge on any atom is -0.371 e. The van der Waals surface area contributed by atoms with Gasteiger partial charge in [0, 0.05) is 32.0 Å². The number of ether oxygens (including phenoxy) is 1. The van der Waals surface area contributed by atoms with Gasteiger partial charge < -0.3 is 19.9 Å². The Morgan fingerprint density at radius 2 is 1.77 bits per heavy atom. The summed E-state index contributed by atoms with van der Waals surface area (Å²) in [5, 5.41) is 5.36. The van der Waals surface area contributed by atoms with Gasteiger partial charge in [0.1, 0.15) is 17.2 Å². The highest BCUT2D eigenvalue weighted by Crippen LogP contribution is 2.28. The number of fused-ring (bicyclic) bond motifs is 1. The smallest absolute Gasteiger partial charge is 0.256 e. The van der Waals surface area contributed by atoms with Crippen molar-refractivity contribution in [2.24, 2.45) is 0 Å². The van der Waals surface area contributed by atoms with Crippen molar-refractivity contribution in [1.82, 2.24) is 15.2 Å². The van der Waals surface area contributed by atoms with Crippen LogP contribution < -0.4 is 16.1 Å². The van der Waals surface area contributed by atoms with Gasteiger partial charge in [-0.2, -0.15) is 0 Å². The van der Waals surface area contributed by atoms with Gasteiger partial charge in [0.25, 0.3) is 11.8 Å². The van der Waals surface area contributed by atoms with Gasteiger partial charge in [-0.25, -0.2) is 0 Å². The molecule has 1 aliphatic heterocycles. The van der Waals surface area contributed by atoms with Crippen LogP contribution in [-0.2, 0) is 11.2 Å². The Morgan fingerprint density at radius 3 is 2.52 bits per heavy atom. The van der Waals surface area contributed by atoms with Gasteiger partial charge in [0.05, 0.1) is 6.61 Å². The first-order valence-corrected chi connectivity index (χ1v) is 11.0. The van der Waals surface area contributed by atoms with Gasteiger partial charge in [-0.1, -0.05) is 43.5 Å². The number of nitrogens with zero attached hydrogens (tertiary/aromatic N) is 1. The number of hydrogen-bond donors (Lipinski definition) is 2. The molecule has 7 heteroatoms. The maximum absolute atomic E-state index is 13.0. The molecule has 2 N–H and O–H groups in total. The van der Waals surface area contributed by atoms with Crippen LogP contribution in [0.15, 0.2) is 41.5 Å². The summed E-state index contributed by atoms with van der Waals surface area (Å²) in [5.74, 6) is -0.958. The molecule has 1 aliphatic carbocycles. The van der Waals surface area contributed by atoms with Gasteiger partial charge in [-0.05, 0) is 30.4 Å². The van der Waals surface area contributed by atoms with Gasteiger partial charge in [0.2, 0.25) is 5.43 Å². The average molecular weight is 424 g/mol. The summed E-state index contributed by atoms with van der Waals surface area (Å²) in [7, 11) is 1.48. The van der Waals surface area contributed by atoms with Crippen molar-refractivity contribution in [2.45, 2.75) is 50.7 Å². The number of benzene rings is 1. The maximum atomic E-state index is 13.0. The molecule has 0 radical (unpaired) electrons. The van der Waals surface area contributed by atoms with Gasteiger partial charge in [-0.3, -0.25) is 14.4 Å². The Morgan fingerprint density at radius 1 is 1.06 bits per heavy atom. The van der Waals surface area contributed by atoms with Crippen LogP contribution >= 0.6 is 0 Å². The normalized spacial score (nSPS) is 18.8. The van der Waals surface area contributed by atoms with Crippen molar-refractivity contribution < 1.29 is 14.3 Å². The Balaban J connectivity index is 1.58. The van der Waals surface area contributed by atoms with E-state index >= 15 is 0 Å². The number of rotatable bonds is 5. The van der Waals surface area contributed by atoms with E-state index in [2.05, 4.69) is 16.7 Å². The minimum atomic E-state index is -0.547. The summed E-state index contributed by atoms with van der Waals surface area (Å²) in [6.45, 7) is 0.862. The fraction of sp³-hybridized carbons (Fsp3) is 0.458. The molecule has 0 bridgehead atoms. The lowest BCUT2D eigenvalue weighted by Gasteiger charge is -2.27. The SMILES string of the molecule is CNC(=O)c1cn(C2CCCCC2)cc(C(=O)NCC2OCCc3ccccc32)c1=O. The van der Waals surface area contributed by atoms with Crippen molar-refractivity contribution in [1.29, 1.82) is 0 Å². The number of carbonyl (C=O) groups is 2. The zero-order valence-corrected chi connectivity index (χ0v) is 17.9. The molecule has 1 atom stereocenters. The van der Waals surface area contributed by atoms with Crippen LogP contribution in [0.5, 0.6) is 0 Å². The summed E-state index contributed by atoms with van der Waals surface area (Å²) in [4.78, 5) is 38.2. The van der Waals surface area contributed by atoms with Gasteiger partial charge in [-0.15, -0.1) is 0 Å². The second kappa shape index (κ2) is 9.47. The monoisotopic (exact) mass is 423 g/mol. The first kappa shape index (κ1) is 21.3. The van der Waals surface area contributed by atoms with Crippen LogP contribution in [0.25, 0.3) is 0 Å². The average Bonchev–Trinajstić information content (AvgIpc) is 2.82. The lowest BCUT2D eigenvalue weighted by Crippen LogP contribution is -2.37. The molecule has 1 aromatic carbocycles. The van der Waals surface area contributed by atoms with Crippen LogP contribution in [0.1, 0.15) is 76.1 Å². The molecule has 1 unspecified atom stereocenters. The number of aromatic nitrogens is 1. The van der Waals surface area contributed by atoms with E-state index in [0.717, 1.165) is 37.7 Å². The number of pyridine rings is 1. The van der Waals surface area contributed by atoms with E-state index in [-0.39, 0.29) is 29.8 Å². The molecular weight excluding hydrogens is 394 g/mol. The highest BCUT2D eigenvalue weighted by Gasteiger charge is 2.25. The molecule has 7 nitrogen and oxygen atoms in total. The number of nitrogens with one attached hydrogen (secondary N) is 2. The molecule has 4 rings (SSSR count). The largest absolute Gasteiger partial charge is 0.371 e. The summed E-state index contributed by atoms with van der Waals surface area (Å²) in [6, 6.07) is 8.23.